The molecule has 2 aromatic carbocycles. The maximum atomic E-state index is 12.5. The van der Waals surface area contributed by atoms with Crippen LogP contribution in [-0.2, 0) is 14.8 Å². The summed E-state index contributed by atoms with van der Waals surface area (Å²) in [6.45, 7) is 2.57. The van der Waals surface area contributed by atoms with Gasteiger partial charge in [0.1, 0.15) is 0 Å². The lowest BCUT2D eigenvalue weighted by Crippen LogP contribution is -2.40. The van der Waals surface area contributed by atoms with Crippen molar-refractivity contribution in [3.8, 4) is 0 Å². The average Bonchev–Trinajstić information content (AvgIpc) is 3.00. The van der Waals surface area contributed by atoms with Crippen molar-refractivity contribution >= 4 is 20.8 Å². The summed E-state index contributed by atoms with van der Waals surface area (Å²) >= 11 is 0. The average molecular weight is 305 g/mol. The zero-order valence-electron chi connectivity index (χ0n) is 12.0. The number of hydrogen-bond donors (Lipinski definition) is 1. The van der Waals surface area contributed by atoms with Crippen LogP contribution in [0.1, 0.15) is 19.8 Å². The molecular weight excluding hydrogens is 286 g/mol. The summed E-state index contributed by atoms with van der Waals surface area (Å²) in [5.74, 6) is 0. The molecule has 0 amide bonds. The van der Waals surface area contributed by atoms with E-state index < -0.39 is 10.0 Å². The Morgan fingerprint density at radius 1 is 1.19 bits per heavy atom. The standard InChI is InChI=1S/C16H19NO3S/c1-12(16-7-4-10-20-16)17-21(18,19)15-9-8-13-5-2-3-6-14(13)11-15/h2-3,5-6,8-9,11-12,16-17H,4,7,10H2,1H3. The molecule has 0 spiro atoms. The first-order valence-corrected chi connectivity index (χ1v) is 8.67. The van der Waals surface area contributed by atoms with Crippen LogP contribution in [-0.4, -0.2) is 27.2 Å². The summed E-state index contributed by atoms with van der Waals surface area (Å²) in [4.78, 5) is 0.297. The van der Waals surface area contributed by atoms with Gasteiger partial charge in [0.25, 0.3) is 0 Å². The Labute approximate surface area is 125 Å². The molecule has 0 aliphatic carbocycles. The molecule has 2 aromatic rings. The highest BCUT2D eigenvalue weighted by Crippen LogP contribution is 2.21. The smallest absolute Gasteiger partial charge is 0.240 e. The molecule has 0 saturated carbocycles. The van der Waals surface area contributed by atoms with E-state index in [1.807, 2.05) is 37.3 Å². The minimum atomic E-state index is -3.52. The fourth-order valence-electron chi connectivity index (χ4n) is 2.72. The van der Waals surface area contributed by atoms with Gasteiger partial charge in [-0.1, -0.05) is 30.3 Å². The minimum absolute atomic E-state index is 0.0276. The van der Waals surface area contributed by atoms with Crippen LogP contribution in [0, 0.1) is 0 Å². The summed E-state index contributed by atoms with van der Waals surface area (Å²) in [5, 5.41) is 1.95. The highest BCUT2D eigenvalue weighted by Gasteiger charge is 2.26. The molecular formula is C16H19NO3S. The predicted molar refractivity (Wildman–Crippen MR) is 82.7 cm³/mol. The molecule has 0 aromatic heterocycles. The first-order chi connectivity index (χ1) is 10.1. The molecule has 2 unspecified atom stereocenters. The summed E-state index contributed by atoms with van der Waals surface area (Å²) in [7, 11) is -3.52. The van der Waals surface area contributed by atoms with E-state index in [-0.39, 0.29) is 12.1 Å². The summed E-state index contributed by atoms with van der Waals surface area (Å²) in [5.41, 5.74) is 0. The van der Waals surface area contributed by atoms with Crippen molar-refractivity contribution in [2.75, 3.05) is 6.61 Å². The summed E-state index contributed by atoms with van der Waals surface area (Å²) in [6.07, 6.45) is 1.87. The van der Waals surface area contributed by atoms with Crippen LogP contribution < -0.4 is 4.72 Å². The molecule has 1 N–H and O–H groups in total. The van der Waals surface area contributed by atoms with Gasteiger partial charge in [-0.05, 0) is 42.7 Å². The lowest BCUT2D eigenvalue weighted by atomic mass is 10.1. The first kappa shape index (κ1) is 14.5. The Balaban J connectivity index is 1.85. The highest BCUT2D eigenvalue weighted by molar-refractivity contribution is 7.89. The SMILES string of the molecule is CC(NS(=O)(=O)c1ccc2ccccc2c1)C1CCCO1. The van der Waals surface area contributed by atoms with E-state index in [9.17, 15) is 8.42 Å². The largest absolute Gasteiger partial charge is 0.377 e. The van der Waals surface area contributed by atoms with Crippen LogP contribution >= 0.6 is 0 Å². The number of ether oxygens (including phenoxy) is 1. The van der Waals surface area contributed by atoms with E-state index in [1.54, 1.807) is 12.1 Å². The fourth-order valence-corrected chi connectivity index (χ4v) is 4.03. The zero-order chi connectivity index (χ0) is 14.9. The van der Waals surface area contributed by atoms with Crippen LogP contribution in [0.25, 0.3) is 10.8 Å². The zero-order valence-corrected chi connectivity index (χ0v) is 12.8. The van der Waals surface area contributed by atoms with Crippen molar-refractivity contribution in [2.24, 2.45) is 0 Å². The van der Waals surface area contributed by atoms with Gasteiger partial charge in [-0.3, -0.25) is 0 Å². The molecule has 1 saturated heterocycles. The van der Waals surface area contributed by atoms with Gasteiger partial charge in [-0.15, -0.1) is 0 Å². The number of hydrogen-bond acceptors (Lipinski definition) is 3. The molecule has 1 aliphatic rings. The van der Waals surface area contributed by atoms with E-state index in [0.717, 1.165) is 23.6 Å². The maximum Gasteiger partial charge on any atom is 0.240 e. The van der Waals surface area contributed by atoms with E-state index in [4.69, 9.17) is 4.74 Å². The maximum absolute atomic E-state index is 12.5. The number of fused-ring (bicyclic) bond motifs is 1. The van der Waals surface area contributed by atoms with Crippen molar-refractivity contribution < 1.29 is 13.2 Å². The van der Waals surface area contributed by atoms with Crippen LogP contribution in [0.5, 0.6) is 0 Å². The lowest BCUT2D eigenvalue weighted by Gasteiger charge is -2.20. The first-order valence-electron chi connectivity index (χ1n) is 7.19. The fraction of sp³-hybridized carbons (Fsp3) is 0.375. The minimum Gasteiger partial charge on any atom is -0.377 e. The number of rotatable bonds is 4. The predicted octanol–water partition coefficient (Wildman–Crippen LogP) is 2.69. The van der Waals surface area contributed by atoms with E-state index in [1.165, 1.54) is 0 Å². The van der Waals surface area contributed by atoms with Gasteiger partial charge >= 0.3 is 0 Å². The van der Waals surface area contributed by atoms with Crippen molar-refractivity contribution in [3.05, 3.63) is 42.5 Å². The van der Waals surface area contributed by atoms with Crippen LogP contribution in [0.4, 0.5) is 0 Å². The third-order valence-electron chi connectivity index (χ3n) is 3.89. The third kappa shape index (κ3) is 3.10. The Bertz CT molecular complexity index is 736. The molecule has 21 heavy (non-hydrogen) atoms. The van der Waals surface area contributed by atoms with Gasteiger partial charge in [-0.2, -0.15) is 0 Å². The second kappa shape index (κ2) is 5.75. The van der Waals surface area contributed by atoms with Gasteiger partial charge in [0.2, 0.25) is 10.0 Å². The molecule has 0 radical (unpaired) electrons. The topological polar surface area (TPSA) is 55.4 Å². The third-order valence-corrected chi connectivity index (χ3v) is 5.45. The Morgan fingerprint density at radius 3 is 2.67 bits per heavy atom. The van der Waals surface area contributed by atoms with Gasteiger partial charge in [-0.25, -0.2) is 13.1 Å². The van der Waals surface area contributed by atoms with Gasteiger partial charge < -0.3 is 4.74 Å². The van der Waals surface area contributed by atoms with Crippen LogP contribution in [0.15, 0.2) is 47.4 Å². The molecule has 4 nitrogen and oxygen atoms in total. The van der Waals surface area contributed by atoms with Crippen LogP contribution in [0.2, 0.25) is 0 Å². The van der Waals surface area contributed by atoms with Gasteiger partial charge in [0, 0.05) is 12.6 Å². The number of nitrogens with one attached hydrogen (secondary N) is 1. The van der Waals surface area contributed by atoms with E-state index in [2.05, 4.69) is 4.72 Å². The molecule has 1 fully saturated rings. The Hall–Kier alpha value is -1.43. The van der Waals surface area contributed by atoms with Gasteiger partial charge in [0.15, 0.2) is 0 Å². The molecule has 1 heterocycles. The lowest BCUT2D eigenvalue weighted by molar-refractivity contribution is 0.0902. The van der Waals surface area contributed by atoms with Crippen molar-refractivity contribution in [1.29, 1.82) is 0 Å². The normalized spacial score (nSPS) is 20.7. The second-order valence-electron chi connectivity index (χ2n) is 5.47. The monoisotopic (exact) mass is 305 g/mol. The number of benzene rings is 2. The van der Waals surface area contributed by atoms with Crippen molar-refractivity contribution in [1.82, 2.24) is 4.72 Å². The Morgan fingerprint density at radius 2 is 1.95 bits per heavy atom. The highest BCUT2D eigenvalue weighted by atomic mass is 32.2. The van der Waals surface area contributed by atoms with Gasteiger partial charge in [0.05, 0.1) is 11.0 Å². The van der Waals surface area contributed by atoms with Crippen LogP contribution in [0.3, 0.4) is 0 Å². The van der Waals surface area contributed by atoms with E-state index >= 15 is 0 Å². The van der Waals surface area contributed by atoms with E-state index in [0.29, 0.717) is 11.5 Å². The molecule has 112 valence electrons. The van der Waals surface area contributed by atoms with Crippen molar-refractivity contribution in [3.63, 3.8) is 0 Å². The quantitative estimate of drug-likeness (QED) is 0.945. The molecule has 5 heteroatoms. The molecule has 1 aliphatic heterocycles. The summed E-state index contributed by atoms with van der Waals surface area (Å²) in [6, 6.07) is 12.7. The Kier molecular flexibility index (Phi) is 3.97. The second-order valence-corrected chi connectivity index (χ2v) is 7.18. The molecule has 2 atom stereocenters. The molecule has 0 bridgehead atoms. The summed E-state index contributed by atoms with van der Waals surface area (Å²) < 4.78 is 33.2. The van der Waals surface area contributed by atoms with Crippen molar-refractivity contribution in [2.45, 2.75) is 36.8 Å². The number of sulfonamides is 1. The molecule has 3 rings (SSSR count).